The number of rotatable bonds is 2. The number of benzene rings is 1. The molecule has 21 heavy (non-hydrogen) atoms. The Labute approximate surface area is 128 Å². The molecule has 2 heterocycles. The van der Waals surface area contributed by atoms with E-state index in [9.17, 15) is 4.79 Å². The molecule has 1 aromatic carbocycles. The third kappa shape index (κ3) is 3.14. The van der Waals surface area contributed by atoms with Crippen LogP contribution in [0.25, 0.3) is 10.6 Å². The monoisotopic (exact) mass is 302 g/mol. The lowest BCUT2D eigenvalue weighted by Gasteiger charge is -2.30. The smallest absolute Gasteiger partial charge is 0.273 e. The Bertz CT molecular complexity index is 636. The van der Waals surface area contributed by atoms with Crippen LogP contribution < -0.4 is 0 Å². The van der Waals surface area contributed by atoms with Crippen molar-refractivity contribution in [3.63, 3.8) is 0 Å². The molecular weight excluding hydrogens is 284 g/mol. The minimum Gasteiger partial charge on any atom is -0.375 e. The topological polar surface area (TPSA) is 42.4 Å². The highest BCUT2D eigenvalue weighted by molar-refractivity contribution is 7.13. The van der Waals surface area contributed by atoms with Gasteiger partial charge in [0.25, 0.3) is 5.91 Å². The number of morpholine rings is 1. The Hall–Kier alpha value is -1.72. The van der Waals surface area contributed by atoms with E-state index in [0.717, 1.165) is 10.6 Å². The van der Waals surface area contributed by atoms with Crippen LogP contribution in [0.1, 0.15) is 23.0 Å². The van der Waals surface area contributed by atoms with E-state index in [1.807, 2.05) is 29.3 Å². The number of hydrogen-bond donors (Lipinski definition) is 0. The zero-order valence-electron chi connectivity index (χ0n) is 12.2. The Morgan fingerprint density at radius 3 is 2.86 bits per heavy atom. The van der Waals surface area contributed by atoms with Crippen molar-refractivity contribution >= 4 is 17.2 Å². The van der Waals surface area contributed by atoms with E-state index in [0.29, 0.717) is 25.4 Å². The van der Waals surface area contributed by atoms with Gasteiger partial charge in [0.05, 0.1) is 12.7 Å². The van der Waals surface area contributed by atoms with Crippen LogP contribution in [0.15, 0.2) is 29.6 Å². The molecule has 0 N–H and O–H groups in total. The minimum absolute atomic E-state index is 0.000221. The molecule has 5 heteroatoms. The minimum atomic E-state index is -0.000221. The number of nitrogens with zero attached hydrogens (tertiary/aromatic N) is 2. The zero-order valence-corrected chi connectivity index (χ0v) is 13.0. The number of aryl methyl sites for hydroxylation is 1. The Morgan fingerprint density at radius 2 is 2.14 bits per heavy atom. The predicted molar refractivity (Wildman–Crippen MR) is 83.6 cm³/mol. The van der Waals surface area contributed by atoms with Crippen LogP contribution >= 0.6 is 11.3 Å². The average Bonchev–Trinajstić information content (AvgIpc) is 2.97. The van der Waals surface area contributed by atoms with E-state index in [1.54, 1.807) is 0 Å². The van der Waals surface area contributed by atoms with Crippen molar-refractivity contribution in [1.82, 2.24) is 9.88 Å². The molecule has 1 aliphatic heterocycles. The van der Waals surface area contributed by atoms with Crippen molar-refractivity contribution in [1.29, 1.82) is 0 Å². The Morgan fingerprint density at radius 1 is 1.38 bits per heavy atom. The zero-order chi connectivity index (χ0) is 14.8. The fraction of sp³-hybridized carbons (Fsp3) is 0.375. The summed E-state index contributed by atoms with van der Waals surface area (Å²) in [7, 11) is 0. The lowest BCUT2D eigenvalue weighted by atomic mass is 10.2. The van der Waals surface area contributed by atoms with Gasteiger partial charge in [0, 0.05) is 24.0 Å². The van der Waals surface area contributed by atoms with Gasteiger partial charge in [0.1, 0.15) is 10.7 Å². The van der Waals surface area contributed by atoms with Gasteiger partial charge in [-0.1, -0.05) is 29.8 Å². The first-order valence-corrected chi connectivity index (χ1v) is 7.95. The van der Waals surface area contributed by atoms with Gasteiger partial charge in [-0.3, -0.25) is 4.79 Å². The van der Waals surface area contributed by atoms with Crippen molar-refractivity contribution < 1.29 is 9.53 Å². The van der Waals surface area contributed by atoms with E-state index in [4.69, 9.17) is 4.74 Å². The molecule has 0 spiro atoms. The fourth-order valence-corrected chi connectivity index (χ4v) is 3.17. The lowest BCUT2D eigenvalue weighted by molar-refractivity contribution is -0.0126. The number of ether oxygens (including phenoxy) is 1. The molecule has 1 atom stereocenters. The maximum absolute atomic E-state index is 12.5. The first kappa shape index (κ1) is 14.2. The molecule has 0 aliphatic carbocycles. The molecule has 1 amide bonds. The largest absolute Gasteiger partial charge is 0.375 e. The van der Waals surface area contributed by atoms with Crippen LogP contribution in [0.5, 0.6) is 0 Å². The molecule has 4 nitrogen and oxygen atoms in total. The van der Waals surface area contributed by atoms with Crippen molar-refractivity contribution in [3.8, 4) is 10.6 Å². The number of hydrogen-bond acceptors (Lipinski definition) is 4. The quantitative estimate of drug-likeness (QED) is 0.856. The molecule has 1 saturated heterocycles. The molecule has 3 rings (SSSR count). The summed E-state index contributed by atoms with van der Waals surface area (Å²) in [6, 6.07) is 8.20. The van der Waals surface area contributed by atoms with E-state index >= 15 is 0 Å². The number of carbonyl (C=O) groups excluding carboxylic acids is 1. The summed E-state index contributed by atoms with van der Waals surface area (Å²) >= 11 is 1.51. The number of carbonyl (C=O) groups is 1. The molecule has 0 radical (unpaired) electrons. The van der Waals surface area contributed by atoms with Gasteiger partial charge in [-0.2, -0.15) is 0 Å². The molecule has 1 unspecified atom stereocenters. The maximum Gasteiger partial charge on any atom is 0.273 e. The highest BCUT2D eigenvalue weighted by Gasteiger charge is 2.24. The van der Waals surface area contributed by atoms with Gasteiger partial charge in [-0.15, -0.1) is 11.3 Å². The van der Waals surface area contributed by atoms with Gasteiger partial charge in [0.2, 0.25) is 0 Å². The SMILES string of the molecule is Cc1ccc(-c2nc(C(=O)N3CCOC(C)C3)cs2)cc1. The van der Waals surface area contributed by atoms with Gasteiger partial charge < -0.3 is 9.64 Å². The summed E-state index contributed by atoms with van der Waals surface area (Å²) in [5.41, 5.74) is 2.80. The molecule has 1 fully saturated rings. The lowest BCUT2D eigenvalue weighted by Crippen LogP contribution is -2.44. The summed E-state index contributed by atoms with van der Waals surface area (Å²) in [5.74, 6) is -0.000221. The van der Waals surface area contributed by atoms with Crippen LogP contribution in [0.2, 0.25) is 0 Å². The summed E-state index contributed by atoms with van der Waals surface area (Å²) < 4.78 is 5.47. The van der Waals surface area contributed by atoms with E-state index < -0.39 is 0 Å². The van der Waals surface area contributed by atoms with Crippen molar-refractivity contribution in [2.45, 2.75) is 20.0 Å². The summed E-state index contributed by atoms with van der Waals surface area (Å²) in [6.45, 7) is 5.91. The van der Waals surface area contributed by atoms with Gasteiger partial charge in [-0.05, 0) is 13.8 Å². The average molecular weight is 302 g/mol. The van der Waals surface area contributed by atoms with E-state index in [1.165, 1.54) is 16.9 Å². The van der Waals surface area contributed by atoms with Crippen LogP contribution in [0.4, 0.5) is 0 Å². The third-order valence-electron chi connectivity index (χ3n) is 3.55. The van der Waals surface area contributed by atoms with Crippen molar-refractivity contribution in [2.24, 2.45) is 0 Å². The van der Waals surface area contributed by atoms with Crippen LogP contribution in [-0.2, 0) is 4.74 Å². The van der Waals surface area contributed by atoms with Gasteiger partial charge >= 0.3 is 0 Å². The van der Waals surface area contributed by atoms with Crippen LogP contribution in [0.3, 0.4) is 0 Å². The highest BCUT2D eigenvalue weighted by Crippen LogP contribution is 2.24. The van der Waals surface area contributed by atoms with Crippen LogP contribution in [0, 0.1) is 6.92 Å². The van der Waals surface area contributed by atoms with E-state index in [2.05, 4.69) is 24.0 Å². The molecule has 110 valence electrons. The van der Waals surface area contributed by atoms with Gasteiger partial charge in [-0.25, -0.2) is 4.98 Å². The van der Waals surface area contributed by atoms with Crippen molar-refractivity contribution in [2.75, 3.05) is 19.7 Å². The summed E-state index contributed by atoms with van der Waals surface area (Å²) in [5, 5.41) is 2.73. The Balaban J connectivity index is 1.78. The Kier molecular flexibility index (Phi) is 4.03. The second-order valence-electron chi connectivity index (χ2n) is 5.34. The molecular formula is C16H18N2O2S. The molecule has 0 saturated carbocycles. The summed E-state index contributed by atoms with van der Waals surface area (Å²) in [6.07, 6.45) is 0.0953. The number of aromatic nitrogens is 1. The first-order valence-electron chi connectivity index (χ1n) is 7.07. The van der Waals surface area contributed by atoms with E-state index in [-0.39, 0.29) is 12.0 Å². The van der Waals surface area contributed by atoms with Crippen LogP contribution in [-0.4, -0.2) is 41.6 Å². The maximum atomic E-state index is 12.5. The highest BCUT2D eigenvalue weighted by atomic mass is 32.1. The standard InChI is InChI=1S/C16H18N2O2S/c1-11-3-5-13(6-4-11)15-17-14(10-21-15)16(19)18-7-8-20-12(2)9-18/h3-6,10,12H,7-9H2,1-2H3. The second-order valence-corrected chi connectivity index (χ2v) is 6.19. The normalized spacial score (nSPS) is 18.8. The molecule has 0 bridgehead atoms. The van der Waals surface area contributed by atoms with Gasteiger partial charge in [0.15, 0.2) is 0 Å². The number of thiazole rings is 1. The molecule has 1 aliphatic rings. The predicted octanol–water partition coefficient (Wildman–Crippen LogP) is 2.98. The second kappa shape index (κ2) is 5.95. The fourth-order valence-electron chi connectivity index (χ4n) is 2.37. The van der Waals surface area contributed by atoms with Crippen molar-refractivity contribution in [3.05, 3.63) is 40.9 Å². The first-order chi connectivity index (χ1) is 10.1. The number of amides is 1. The molecule has 1 aromatic heterocycles. The summed E-state index contributed by atoms with van der Waals surface area (Å²) in [4.78, 5) is 18.8. The molecule has 2 aromatic rings. The third-order valence-corrected chi connectivity index (χ3v) is 4.44.